The maximum Gasteiger partial charge on any atom is 0.229 e. The lowest BCUT2D eigenvalue weighted by Crippen LogP contribution is -2.37. The summed E-state index contributed by atoms with van der Waals surface area (Å²) >= 11 is 6.00. The van der Waals surface area contributed by atoms with Crippen LogP contribution in [0.25, 0.3) is 0 Å². The average molecular weight is 397 g/mol. The van der Waals surface area contributed by atoms with Gasteiger partial charge in [-0.05, 0) is 35.7 Å². The Hall–Kier alpha value is -2.12. The minimum Gasteiger partial charge on any atom is -0.338 e. The minimum atomic E-state index is -3.38. The van der Waals surface area contributed by atoms with Crippen LogP contribution in [0.4, 0.5) is 10.1 Å². The summed E-state index contributed by atoms with van der Waals surface area (Å²) in [5, 5.41) is 0.232. The van der Waals surface area contributed by atoms with Crippen LogP contribution < -0.4 is 4.72 Å². The molecule has 0 spiro atoms. The van der Waals surface area contributed by atoms with Gasteiger partial charge in [0.2, 0.25) is 15.9 Å². The zero-order chi connectivity index (χ0) is 18.9. The highest BCUT2D eigenvalue weighted by molar-refractivity contribution is 7.92. The van der Waals surface area contributed by atoms with Gasteiger partial charge in [0.05, 0.1) is 18.4 Å². The molecule has 0 atom stereocenters. The first-order valence-corrected chi connectivity index (χ1v) is 10.3. The molecule has 0 aliphatic carbocycles. The van der Waals surface area contributed by atoms with Gasteiger partial charge in [0.25, 0.3) is 0 Å². The van der Waals surface area contributed by atoms with Crippen molar-refractivity contribution >= 4 is 33.2 Å². The Kier molecular flexibility index (Phi) is 5.20. The second kappa shape index (κ2) is 7.25. The van der Waals surface area contributed by atoms with E-state index in [9.17, 15) is 17.6 Å². The van der Waals surface area contributed by atoms with Crippen molar-refractivity contribution in [2.45, 2.75) is 19.4 Å². The minimum absolute atomic E-state index is 0.109. The normalized spacial score (nSPS) is 14.0. The van der Waals surface area contributed by atoms with Crippen molar-refractivity contribution in [3.8, 4) is 0 Å². The van der Waals surface area contributed by atoms with Crippen LogP contribution in [0, 0.1) is 5.82 Å². The Morgan fingerprint density at radius 3 is 2.69 bits per heavy atom. The molecule has 1 amide bonds. The maximum atomic E-state index is 13.9. The van der Waals surface area contributed by atoms with Crippen LogP contribution in [0.15, 0.2) is 36.4 Å². The van der Waals surface area contributed by atoms with Crippen molar-refractivity contribution in [3.05, 3.63) is 63.9 Å². The Morgan fingerprint density at radius 2 is 2.00 bits per heavy atom. The van der Waals surface area contributed by atoms with Crippen molar-refractivity contribution in [2.75, 3.05) is 17.5 Å². The van der Waals surface area contributed by atoms with Crippen molar-refractivity contribution in [1.29, 1.82) is 0 Å². The zero-order valence-electron chi connectivity index (χ0n) is 14.1. The van der Waals surface area contributed by atoms with E-state index in [-0.39, 0.29) is 22.9 Å². The topological polar surface area (TPSA) is 66.5 Å². The Bertz CT molecular complexity index is 943. The third-order valence-corrected chi connectivity index (χ3v) is 5.25. The Balaban J connectivity index is 1.78. The van der Waals surface area contributed by atoms with Gasteiger partial charge in [-0.15, -0.1) is 0 Å². The number of hydrogen-bond acceptors (Lipinski definition) is 3. The molecule has 0 aromatic heterocycles. The fraction of sp³-hybridized carbons (Fsp3) is 0.278. The summed E-state index contributed by atoms with van der Waals surface area (Å²) in [6.45, 7) is 0.778. The quantitative estimate of drug-likeness (QED) is 0.864. The van der Waals surface area contributed by atoms with E-state index in [4.69, 9.17) is 11.6 Å². The van der Waals surface area contributed by atoms with Crippen LogP contribution in [0.5, 0.6) is 0 Å². The summed E-state index contributed by atoms with van der Waals surface area (Å²) in [6, 6.07) is 9.65. The van der Waals surface area contributed by atoms with Crippen molar-refractivity contribution < 1.29 is 17.6 Å². The molecule has 26 heavy (non-hydrogen) atoms. The molecule has 1 N–H and O–H groups in total. The van der Waals surface area contributed by atoms with Gasteiger partial charge in [0.1, 0.15) is 5.82 Å². The van der Waals surface area contributed by atoms with Crippen molar-refractivity contribution in [1.82, 2.24) is 4.90 Å². The number of nitrogens with zero attached hydrogens (tertiary/aromatic N) is 1. The Labute approximate surface area is 156 Å². The van der Waals surface area contributed by atoms with Gasteiger partial charge in [0.15, 0.2) is 0 Å². The highest BCUT2D eigenvalue weighted by Gasteiger charge is 2.24. The van der Waals surface area contributed by atoms with Crippen LogP contribution in [0.3, 0.4) is 0 Å². The molecule has 0 unspecified atom stereocenters. The fourth-order valence-electron chi connectivity index (χ4n) is 3.08. The third-order valence-electron chi connectivity index (χ3n) is 4.30. The molecule has 0 radical (unpaired) electrons. The highest BCUT2D eigenvalue weighted by atomic mass is 35.5. The van der Waals surface area contributed by atoms with E-state index in [1.807, 2.05) is 6.07 Å². The number of benzene rings is 2. The average Bonchev–Trinajstić information content (AvgIpc) is 2.56. The number of sulfonamides is 1. The van der Waals surface area contributed by atoms with E-state index < -0.39 is 15.8 Å². The van der Waals surface area contributed by atoms with E-state index in [2.05, 4.69) is 4.72 Å². The summed E-state index contributed by atoms with van der Waals surface area (Å²) < 4.78 is 39.4. The summed E-state index contributed by atoms with van der Waals surface area (Å²) in [5.74, 6) is -0.716. The predicted molar refractivity (Wildman–Crippen MR) is 99.1 cm³/mol. The highest BCUT2D eigenvalue weighted by Crippen LogP contribution is 2.28. The van der Waals surface area contributed by atoms with Crippen molar-refractivity contribution in [3.63, 3.8) is 0 Å². The lowest BCUT2D eigenvalue weighted by atomic mass is 9.97. The number of hydrogen-bond donors (Lipinski definition) is 1. The zero-order valence-corrected chi connectivity index (χ0v) is 15.7. The smallest absolute Gasteiger partial charge is 0.229 e. The number of carbonyl (C=O) groups excluding carboxylic acids is 1. The largest absolute Gasteiger partial charge is 0.338 e. The lowest BCUT2D eigenvalue weighted by molar-refractivity contribution is -0.131. The van der Waals surface area contributed by atoms with Gasteiger partial charge in [-0.1, -0.05) is 29.8 Å². The van der Waals surface area contributed by atoms with Gasteiger partial charge in [-0.3, -0.25) is 9.52 Å². The van der Waals surface area contributed by atoms with Gasteiger partial charge < -0.3 is 4.90 Å². The van der Waals surface area contributed by atoms with Gasteiger partial charge >= 0.3 is 0 Å². The first kappa shape index (κ1) is 18.7. The molecule has 138 valence electrons. The molecular formula is C18H18ClFN2O3S. The number of nitrogens with one attached hydrogen (secondary N) is 1. The first-order chi connectivity index (χ1) is 12.2. The molecule has 0 saturated carbocycles. The molecule has 0 saturated heterocycles. The SMILES string of the molecule is CS(=O)(=O)Nc1cccc2c1CCN(C(=O)Cc1c(F)cccc1Cl)C2. The maximum absolute atomic E-state index is 13.9. The van der Waals surface area contributed by atoms with Gasteiger partial charge in [0, 0.05) is 23.7 Å². The number of anilines is 1. The molecule has 1 aliphatic rings. The van der Waals surface area contributed by atoms with Crippen LogP contribution in [-0.4, -0.2) is 32.0 Å². The van der Waals surface area contributed by atoms with Crippen molar-refractivity contribution in [2.24, 2.45) is 0 Å². The van der Waals surface area contributed by atoms with E-state index in [1.165, 1.54) is 12.1 Å². The summed E-state index contributed by atoms with van der Waals surface area (Å²) in [6.07, 6.45) is 1.51. The molecule has 1 heterocycles. The third kappa shape index (κ3) is 4.16. The van der Waals surface area contributed by atoms with E-state index >= 15 is 0 Å². The predicted octanol–water partition coefficient (Wildman–Crippen LogP) is 2.98. The van der Waals surface area contributed by atoms with Crippen LogP contribution in [-0.2, 0) is 34.2 Å². The summed E-state index contributed by atoms with van der Waals surface area (Å²) in [7, 11) is -3.38. The van der Waals surface area contributed by atoms with E-state index in [0.717, 1.165) is 17.4 Å². The monoisotopic (exact) mass is 396 g/mol. The van der Waals surface area contributed by atoms with Crippen LogP contribution >= 0.6 is 11.6 Å². The Morgan fingerprint density at radius 1 is 1.27 bits per heavy atom. The molecule has 2 aromatic rings. The molecule has 2 aromatic carbocycles. The number of halogens is 2. The number of fused-ring (bicyclic) bond motifs is 1. The number of amides is 1. The van der Waals surface area contributed by atoms with Gasteiger partial charge in [-0.2, -0.15) is 0 Å². The summed E-state index contributed by atoms with van der Waals surface area (Å²) in [5.41, 5.74) is 2.48. The van der Waals surface area contributed by atoms with Crippen LogP contribution in [0.1, 0.15) is 16.7 Å². The second-order valence-corrected chi connectivity index (χ2v) is 8.42. The van der Waals surface area contributed by atoms with Gasteiger partial charge in [-0.25, -0.2) is 12.8 Å². The van der Waals surface area contributed by atoms with E-state index in [0.29, 0.717) is 25.2 Å². The second-order valence-electron chi connectivity index (χ2n) is 6.26. The molecule has 1 aliphatic heterocycles. The molecule has 8 heteroatoms. The van der Waals surface area contributed by atoms with E-state index in [1.54, 1.807) is 23.1 Å². The molecular weight excluding hydrogens is 379 g/mol. The number of carbonyl (C=O) groups is 1. The number of rotatable bonds is 4. The standard InChI is InChI=1S/C18H18ClFN2O3S/c1-26(24,25)21-17-7-2-4-12-11-22(9-8-13(12)17)18(23)10-14-15(19)5-3-6-16(14)20/h2-7,21H,8-11H2,1H3. The summed E-state index contributed by atoms with van der Waals surface area (Å²) in [4.78, 5) is 14.2. The molecule has 0 bridgehead atoms. The molecule has 0 fully saturated rings. The molecule has 5 nitrogen and oxygen atoms in total. The molecule has 3 rings (SSSR count). The lowest BCUT2D eigenvalue weighted by Gasteiger charge is -2.30. The first-order valence-electron chi connectivity index (χ1n) is 8.04. The van der Waals surface area contributed by atoms with Crippen LogP contribution in [0.2, 0.25) is 5.02 Å². The fourth-order valence-corrected chi connectivity index (χ4v) is 3.90.